The summed E-state index contributed by atoms with van der Waals surface area (Å²) < 4.78 is 6.73. The molecule has 0 aliphatic carbocycles. The van der Waals surface area contributed by atoms with E-state index in [4.69, 9.17) is 27.9 Å². The normalized spacial score (nSPS) is 15.9. The molecule has 1 aliphatic rings. The maximum Gasteiger partial charge on any atom is 0.338 e. The van der Waals surface area contributed by atoms with E-state index in [0.717, 1.165) is 11.1 Å². The van der Waals surface area contributed by atoms with Gasteiger partial charge in [0.2, 0.25) is 5.95 Å². The molecule has 2 aromatic carbocycles. The monoisotopic (exact) mass is 400 g/mol. The first kappa shape index (κ1) is 17.6. The van der Waals surface area contributed by atoms with Crippen LogP contribution >= 0.6 is 23.2 Å². The van der Waals surface area contributed by atoms with Crippen molar-refractivity contribution < 1.29 is 9.53 Å². The fraction of sp³-hybridized carbons (Fsp3) is 0.105. The van der Waals surface area contributed by atoms with E-state index in [2.05, 4.69) is 15.4 Å². The van der Waals surface area contributed by atoms with Gasteiger partial charge in [-0.2, -0.15) is 10.1 Å². The number of nitrogens with one attached hydrogen (secondary N) is 1. The molecule has 1 aliphatic heterocycles. The minimum Gasteiger partial charge on any atom is -0.466 e. The Labute approximate surface area is 165 Å². The number of esters is 1. The summed E-state index contributed by atoms with van der Waals surface area (Å²) in [7, 11) is 1.35. The minimum atomic E-state index is -0.515. The third kappa shape index (κ3) is 3.18. The number of ether oxygens (including phenoxy) is 1. The fourth-order valence-electron chi connectivity index (χ4n) is 3.09. The van der Waals surface area contributed by atoms with Crippen molar-refractivity contribution in [1.29, 1.82) is 0 Å². The molecule has 0 unspecified atom stereocenters. The van der Waals surface area contributed by atoms with Crippen LogP contribution in [0.15, 0.2) is 60.4 Å². The van der Waals surface area contributed by atoms with E-state index in [-0.39, 0.29) is 0 Å². The van der Waals surface area contributed by atoms with Gasteiger partial charge < -0.3 is 10.1 Å². The summed E-state index contributed by atoms with van der Waals surface area (Å²) in [6.07, 6.45) is 1.44. The Morgan fingerprint density at radius 3 is 2.33 bits per heavy atom. The van der Waals surface area contributed by atoms with Gasteiger partial charge in [-0.15, -0.1) is 0 Å². The molecular formula is C19H14Cl2N4O2. The number of halogens is 2. The second kappa shape index (κ2) is 7.06. The summed E-state index contributed by atoms with van der Waals surface area (Å²) in [5.74, 6) is 0.0566. The Morgan fingerprint density at radius 2 is 1.70 bits per heavy atom. The van der Waals surface area contributed by atoms with Crippen LogP contribution in [0.2, 0.25) is 10.0 Å². The van der Waals surface area contributed by atoms with Crippen LogP contribution in [0.4, 0.5) is 5.95 Å². The van der Waals surface area contributed by atoms with E-state index < -0.39 is 12.0 Å². The van der Waals surface area contributed by atoms with Crippen LogP contribution in [0.1, 0.15) is 17.2 Å². The highest BCUT2D eigenvalue weighted by Crippen LogP contribution is 2.39. The van der Waals surface area contributed by atoms with Gasteiger partial charge in [-0.25, -0.2) is 9.48 Å². The predicted molar refractivity (Wildman–Crippen MR) is 104 cm³/mol. The zero-order valence-electron chi connectivity index (χ0n) is 14.2. The molecule has 2 heterocycles. The molecule has 3 aromatic rings. The molecule has 4 rings (SSSR count). The molecular weight excluding hydrogens is 387 g/mol. The number of hydrogen-bond acceptors (Lipinski definition) is 5. The van der Waals surface area contributed by atoms with Crippen molar-refractivity contribution >= 4 is 40.8 Å². The van der Waals surface area contributed by atoms with Gasteiger partial charge in [0.1, 0.15) is 12.4 Å². The van der Waals surface area contributed by atoms with E-state index >= 15 is 0 Å². The number of hydrogen-bond donors (Lipinski definition) is 1. The number of carbonyl (C=O) groups is 1. The average molecular weight is 401 g/mol. The maximum atomic E-state index is 12.8. The Kier molecular flexibility index (Phi) is 4.59. The van der Waals surface area contributed by atoms with Crippen molar-refractivity contribution in [1.82, 2.24) is 14.8 Å². The smallest absolute Gasteiger partial charge is 0.338 e. The highest BCUT2D eigenvalue weighted by molar-refractivity contribution is 6.30. The van der Waals surface area contributed by atoms with Crippen molar-refractivity contribution in [2.24, 2.45) is 0 Å². The number of fused-ring (bicyclic) bond motifs is 1. The molecule has 1 aromatic heterocycles. The van der Waals surface area contributed by atoms with Crippen LogP contribution in [0, 0.1) is 0 Å². The second-order valence-corrected chi connectivity index (χ2v) is 6.77. The van der Waals surface area contributed by atoms with Crippen LogP contribution in [0.3, 0.4) is 0 Å². The second-order valence-electron chi connectivity index (χ2n) is 5.89. The first-order chi connectivity index (χ1) is 13.1. The number of nitrogens with zero attached hydrogens (tertiary/aromatic N) is 3. The number of anilines is 1. The van der Waals surface area contributed by atoms with Gasteiger partial charge in [-0.1, -0.05) is 47.5 Å². The van der Waals surface area contributed by atoms with Gasteiger partial charge in [-0.3, -0.25) is 0 Å². The van der Waals surface area contributed by atoms with Gasteiger partial charge in [0, 0.05) is 10.0 Å². The lowest BCUT2D eigenvalue weighted by Crippen LogP contribution is -2.29. The number of carbonyl (C=O) groups excluding carboxylic acids is 1. The van der Waals surface area contributed by atoms with E-state index in [1.807, 2.05) is 24.3 Å². The Morgan fingerprint density at radius 1 is 1.07 bits per heavy atom. The molecule has 0 bridgehead atoms. The number of methoxy groups -OCH3 is 1. The van der Waals surface area contributed by atoms with Crippen LogP contribution < -0.4 is 5.32 Å². The van der Waals surface area contributed by atoms with Crippen LogP contribution in [-0.2, 0) is 9.53 Å². The maximum absolute atomic E-state index is 12.8. The van der Waals surface area contributed by atoms with E-state index in [1.165, 1.54) is 13.4 Å². The molecule has 0 saturated carbocycles. The molecule has 0 amide bonds. The van der Waals surface area contributed by atoms with Crippen molar-refractivity contribution in [2.45, 2.75) is 6.04 Å². The van der Waals surface area contributed by atoms with Gasteiger partial charge in [-0.05, 0) is 35.4 Å². The lowest BCUT2D eigenvalue weighted by Gasteiger charge is -2.29. The summed E-state index contributed by atoms with van der Waals surface area (Å²) in [6.45, 7) is 0. The quantitative estimate of drug-likeness (QED) is 0.667. The molecule has 27 heavy (non-hydrogen) atoms. The lowest BCUT2D eigenvalue weighted by atomic mass is 9.93. The van der Waals surface area contributed by atoms with Crippen LogP contribution in [0.25, 0.3) is 5.70 Å². The van der Waals surface area contributed by atoms with Crippen molar-refractivity contribution in [3.63, 3.8) is 0 Å². The molecule has 0 radical (unpaired) electrons. The SMILES string of the molecule is COC(=O)C1=C(c2ccc(Cl)cc2)Nc2ncnn2[C@H]1c1ccc(Cl)cc1. The average Bonchev–Trinajstić information content (AvgIpc) is 3.15. The van der Waals surface area contributed by atoms with E-state index in [1.54, 1.807) is 28.9 Å². The van der Waals surface area contributed by atoms with E-state index in [9.17, 15) is 4.79 Å². The summed E-state index contributed by atoms with van der Waals surface area (Å²) in [6, 6.07) is 13.9. The standard InChI is InChI=1S/C19H14Cl2N4O2/c1-27-18(26)15-16(11-2-6-13(20)7-3-11)24-19-22-10-23-25(19)17(15)12-4-8-14(21)9-5-12/h2-10,17H,1H3,(H,22,23,24)/t17-/m0/s1. The summed E-state index contributed by atoms with van der Waals surface area (Å²) >= 11 is 12.0. The predicted octanol–water partition coefficient (Wildman–Crippen LogP) is 4.18. The molecule has 0 fully saturated rings. The number of benzene rings is 2. The molecule has 1 N–H and O–H groups in total. The highest BCUT2D eigenvalue weighted by Gasteiger charge is 2.35. The Hall–Kier alpha value is -2.83. The largest absolute Gasteiger partial charge is 0.466 e. The minimum absolute atomic E-state index is 0.417. The van der Waals surface area contributed by atoms with Gasteiger partial charge in [0.25, 0.3) is 0 Å². The third-order valence-corrected chi connectivity index (χ3v) is 4.83. The lowest BCUT2D eigenvalue weighted by molar-refractivity contribution is -0.136. The van der Waals surface area contributed by atoms with E-state index in [0.29, 0.717) is 27.3 Å². The summed E-state index contributed by atoms with van der Waals surface area (Å²) in [5, 5.41) is 8.69. The first-order valence-electron chi connectivity index (χ1n) is 8.09. The molecule has 6 nitrogen and oxygen atoms in total. The summed E-state index contributed by atoms with van der Waals surface area (Å²) in [5.41, 5.74) is 2.63. The third-order valence-electron chi connectivity index (χ3n) is 4.32. The van der Waals surface area contributed by atoms with Crippen LogP contribution in [0.5, 0.6) is 0 Å². The van der Waals surface area contributed by atoms with Gasteiger partial charge in [0.05, 0.1) is 18.4 Å². The molecule has 0 saturated heterocycles. The van der Waals surface area contributed by atoms with Crippen LogP contribution in [-0.4, -0.2) is 27.8 Å². The molecule has 8 heteroatoms. The van der Waals surface area contributed by atoms with Crippen molar-refractivity contribution in [3.05, 3.63) is 81.6 Å². The fourth-order valence-corrected chi connectivity index (χ4v) is 3.34. The Bertz CT molecular complexity index is 1030. The number of rotatable bonds is 3. The summed E-state index contributed by atoms with van der Waals surface area (Å²) in [4.78, 5) is 17.0. The molecule has 1 atom stereocenters. The van der Waals surface area contributed by atoms with Crippen molar-refractivity contribution in [3.8, 4) is 0 Å². The topological polar surface area (TPSA) is 69.0 Å². The highest BCUT2D eigenvalue weighted by atomic mass is 35.5. The first-order valence-corrected chi connectivity index (χ1v) is 8.84. The molecule has 136 valence electrons. The van der Waals surface area contributed by atoms with Gasteiger partial charge in [0.15, 0.2) is 0 Å². The van der Waals surface area contributed by atoms with Gasteiger partial charge >= 0.3 is 5.97 Å². The molecule has 0 spiro atoms. The van der Waals surface area contributed by atoms with Crippen molar-refractivity contribution in [2.75, 3.05) is 12.4 Å². The number of aromatic nitrogens is 3. The zero-order chi connectivity index (χ0) is 19.0. The zero-order valence-corrected chi connectivity index (χ0v) is 15.7. The Balaban J connectivity index is 1.96.